The summed E-state index contributed by atoms with van der Waals surface area (Å²) in [5.74, 6) is 5.45. The molecule has 0 spiro atoms. The predicted molar refractivity (Wildman–Crippen MR) is 146 cm³/mol. The molecule has 2 N–H and O–H groups in total. The molecule has 1 amide bonds. The summed E-state index contributed by atoms with van der Waals surface area (Å²) in [6.07, 6.45) is 1.87. The third kappa shape index (κ3) is 6.13. The van der Waals surface area contributed by atoms with Crippen molar-refractivity contribution in [2.24, 2.45) is 0 Å². The summed E-state index contributed by atoms with van der Waals surface area (Å²) in [6.45, 7) is 0. The fourth-order valence-corrected chi connectivity index (χ4v) is 4.31. The monoisotopic (exact) mass is 552 g/mol. The minimum atomic E-state index is -0.558. The first-order valence-corrected chi connectivity index (χ1v) is 12.4. The van der Waals surface area contributed by atoms with E-state index in [2.05, 4.69) is 48.7 Å². The SMILES string of the molecule is N#Cc1ccc(-c2nc([C@H](Cc3ccccc3)NC(=O)C#Cc3cc(Cl)ccc3-n3cnnn3)[nH]c2Cl)cc1. The molecule has 0 radical (unpaired) electrons. The first-order chi connectivity index (χ1) is 19.0. The van der Waals surface area contributed by atoms with E-state index in [4.69, 9.17) is 28.5 Å². The molecular weight excluding hydrogens is 535 g/mol. The molecule has 39 heavy (non-hydrogen) atoms. The lowest BCUT2D eigenvalue weighted by atomic mass is 10.1. The Bertz CT molecular complexity index is 1710. The quantitative estimate of drug-likeness (QED) is 0.294. The summed E-state index contributed by atoms with van der Waals surface area (Å²) in [5, 5.41) is 24.0. The molecule has 0 unspecified atom stereocenters. The van der Waals surface area contributed by atoms with Crippen molar-refractivity contribution in [1.29, 1.82) is 5.26 Å². The summed E-state index contributed by atoms with van der Waals surface area (Å²) in [6, 6.07) is 23.2. The number of carbonyl (C=O) groups excluding carboxylic acids is 1. The number of amides is 1. The van der Waals surface area contributed by atoms with E-state index in [0.29, 0.717) is 44.9 Å². The molecule has 0 fully saturated rings. The maximum absolute atomic E-state index is 13.0. The van der Waals surface area contributed by atoms with Crippen LogP contribution in [0.2, 0.25) is 10.2 Å². The maximum atomic E-state index is 13.0. The van der Waals surface area contributed by atoms with Gasteiger partial charge in [0.2, 0.25) is 0 Å². The number of carbonyl (C=O) groups is 1. The molecule has 2 aromatic heterocycles. The van der Waals surface area contributed by atoms with Gasteiger partial charge in [0.25, 0.3) is 5.91 Å². The van der Waals surface area contributed by atoms with E-state index in [1.807, 2.05) is 30.3 Å². The van der Waals surface area contributed by atoms with Gasteiger partial charge in [-0.3, -0.25) is 4.79 Å². The lowest BCUT2D eigenvalue weighted by molar-refractivity contribution is -0.116. The van der Waals surface area contributed by atoms with Crippen LogP contribution in [0.4, 0.5) is 0 Å². The third-order valence-corrected chi connectivity index (χ3v) is 6.26. The second kappa shape index (κ2) is 11.6. The van der Waals surface area contributed by atoms with Crippen molar-refractivity contribution in [1.82, 2.24) is 35.5 Å². The minimum absolute atomic E-state index is 0.318. The van der Waals surface area contributed by atoms with Gasteiger partial charge >= 0.3 is 0 Å². The maximum Gasteiger partial charge on any atom is 0.296 e. The van der Waals surface area contributed by atoms with Gasteiger partial charge in [-0.05, 0) is 52.7 Å². The number of aromatic amines is 1. The molecule has 9 nitrogen and oxygen atoms in total. The second-order valence-corrected chi connectivity index (χ2v) is 9.17. The molecule has 11 heteroatoms. The molecule has 0 saturated heterocycles. The molecule has 190 valence electrons. The Kier molecular flexibility index (Phi) is 7.65. The normalized spacial score (nSPS) is 11.2. The zero-order chi connectivity index (χ0) is 27.2. The molecule has 0 aliphatic heterocycles. The summed E-state index contributed by atoms with van der Waals surface area (Å²) in [7, 11) is 0. The molecule has 0 bridgehead atoms. The molecule has 1 atom stereocenters. The Hall–Kier alpha value is -4.96. The van der Waals surface area contributed by atoms with Crippen molar-refractivity contribution >= 4 is 29.1 Å². The van der Waals surface area contributed by atoms with Gasteiger partial charge in [-0.25, -0.2) is 4.98 Å². The Morgan fingerprint density at radius 3 is 2.59 bits per heavy atom. The highest BCUT2D eigenvalue weighted by molar-refractivity contribution is 6.32. The highest BCUT2D eigenvalue weighted by Crippen LogP contribution is 2.29. The average Bonchev–Trinajstić information content (AvgIpc) is 3.62. The summed E-state index contributed by atoms with van der Waals surface area (Å²) in [5.41, 5.74) is 3.83. The summed E-state index contributed by atoms with van der Waals surface area (Å²) < 4.78 is 1.44. The zero-order valence-electron chi connectivity index (χ0n) is 20.1. The van der Waals surface area contributed by atoms with Crippen LogP contribution >= 0.6 is 23.2 Å². The predicted octanol–water partition coefficient (Wildman–Crippen LogP) is 4.68. The van der Waals surface area contributed by atoms with Crippen molar-refractivity contribution in [2.45, 2.75) is 12.5 Å². The topological polar surface area (TPSA) is 125 Å². The van der Waals surface area contributed by atoms with E-state index in [9.17, 15) is 4.79 Å². The average molecular weight is 553 g/mol. The molecule has 0 saturated carbocycles. The van der Waals surface area contributed by atoms with E-state index >= 15 is 0 Å². The van der Waals surface area contributed by atoms with Crippen LogP contribution in [0, 0.1) is 23.2 Å². The standard InChI is InChI=1S/C28H18Cl2N8O/c29-22-11-12-24(38-17-32-36-37-38)21(15-22)10-13-25(39)33-23(14-18-4-2-1-3-5-18)28-34-26(27(30)35-28)20-8-6-19(16-31)7-9-20/h1-9,11-12,15,17,23H,14H2,(H,33,39)(H,34,35)/t23-/m0/s1. The fraction of sp³-hybridized carbons (Fsp3) is 0.0714. The number of nitrogens with one attached hydrogen (secondary N) is 2. The molecule has 3 aromatic carbocycles. The Morgan fingerprint density at radius 1 is 1.08 bits per heavy atom. The van der Waals surface area contributed by atoms with Crippen LogP contribution in [0.3, 0.4) is 0 Å². The first kappa shape index (κ1) is 25.7. The van der Waals surface area contributed by atoms with Gasteiger partial charge in [-0.2, -0.15) is 9.94 Å². The smallest absolute Gasteiger partial charge is 0.296 e. The van der Waals surface area contributed by atoms with Gasteiger partial charge in [0.1, 0.15) is 23.0 Å². The van der Waals surface area contributed by atoms with Crippen LogP contribution < -0.4 is 5.32 Å². The van der Waals surface area contributed by atoms with Crippen molar-refractivity contribution in [3.8, 4) is 34.9 Å². The number of hydrogen-bond acceptors (Lipinski definition) is 6. The van der Waals surface area contributed by atoms with Crippen LogP contribution in [0.25, 0.3) is 16.9 Å². The number of nitriles is 1. The number of benzene rings is 3. The van der Waals surface area contributed by atoms with Crippen molar-refractivity contribution in [2.75, 3.05) is 0 Å². The summed E-state index contributed by atoms with van der Waals surface area (Å²) >= 11 is 12.7. The van der Waals surface area contributed by atoms with Crippen LogP contribution in [0.15, 0.2) is 79.1 Å². The van der Waals surface area contributed by atoms with E-state index in [1.54, 1.807) is 42.5 Å². The van der Waals surface area contributed by atoms with E-state index in [0.717, 1.165) is 11.1 Å². The lowest BCUT2D eigenvalue weighted by Crippen LogP contribution is -2.29. The van der Waals surface area contributed by atoms with E-state index in [1.165, 1.54) is 11.0 Å². The van der Waals surface area contributed by atoms with Gasteiger partial charge in [0, 0.05) is 16.5 Å². The number of rotatable bonds is 6. The molecule has 0 aliphatic rings. The van der Waals surface area contributed by atoms with Gasteiger partial charge < -0.3 is 10.3 Å². The number of tetrazole rings is 1. The van der Waals surface area contributed by atoms with Crippen LogP contribution in [-0.2, 0) is 11.2 Å². The van der Waals surface area contributed by atoms with Crippen molar-refractivity contribution in [3.63, 3.8) is 0 Å². The van der Waals surface area contributed by atoms with Gasteiger partial charge in [-0.15, -0.1) is 5.10 Å². The largest absolute Gasteiger partial charge is 0.335 e. The Balaban J connectivity index is 1.44. The van der Waals surface area contributed by atoms with Crippen molar-refractivity contribution in [3.05, 3.63) is 112 Å². The van der Waals surface area contributed by atoms with Gasteiger partial charge in [-0.1, -0.05) is 71.6 Å². The van der Waals surface area contributed by atoms with E-state index in [-0.39, 0.29) is 0 Å². The van der Waals surface area contributed by atoms with E-state index < -0.39 is 11.9 Å². The fourth-order valence-electron chi connectivity index (χ4n) is 3.89. The third-order valence-electron chi connectivity index (χ3n) is 5.75. The second-order valence-electron chi connectivity index (χ2n) is 8.36. The molecular formula is C28H18Cl2N8O. The summed E-state index contributed by atoms with van der Waals surface area (Å²) in [4.78, 5) is 20.8. The number of hydrogen-bond donors (Lipinski definition) is 2. The van der Waals surface area contributed by atoms with Crippen LogP contribution in [0.1, 0.15) is 28.6 Å². The number of H-pyrrole nitrogens is 1. The van der Waals surface area contributed by atoms with Crippen LogP contribution in [-0.4, -0.2) is 36.1 Å². The molecule has 5 aromatic rings. The molecule has 0 aliphatic carbocycles. The highest BCUT2D eigenvalue weighted by atomic mass is 35.5. The van der Waals surface area contributed by atoms with Gasteiger partial charge in [0.15, 0.2) is 0 Å². The number of halogens is 2. The first-order valence-electron chi connectivity index (χ1n) is 11.7. The van der Waals surface area contributed by atoms with Gasteiger partial charge in [0.05, 0.1) is 28.9 Å². The molecule has 2 heterocycles. The zero-order valence-corrected chi connectivity index (χ0v) is 21.6. The van der Waals surface area contributed by atoms with Crippen molar-refractivity contribution < 1.29 is 4.79 Å². The molecule has 5 rings (SSSR count). The number of aromatic nitrogens is 6. The Morgan fingerprint density at radius 2 is 1.87 bits per heavy atom. The lowest BCUT2D eigenvalue weighted by Gasteiger charge is -2.15. The van der Waals surface area contributed by atoms with Crippen LogP contribution in [0.5, 0.6) is 0 Å². The number of imidazole rings is 1. The number of nitrogens with zero attached hydrogens (tertiary/aromatic N) is 6. The Labute approximate surface area is 233 Å². The minimum Gasteiger partial charge on any atom is -0.335 e. The highest BCUT2D eigenvalue weighted by Gasteiger charge is 2.21.